The number of ether oxygens (including phenoxy) is 1. The number of rotatable bonds is 4. The molecule has 1 aromatic heterocycles. The lowest BCUT2D eigenvalue weighted by Crippen LogP contribution is -2.26. The van der Waals surface area contributed by atoms with E-state index < -0.39 is 0 Å². The SMILES string of the molecule is CCC(N)C(C)c1cncc(OC)n1. The van der Waals surface area contributed by atoms with E-state index >= 15 is 0 Å². The molecular weight excluding hydrogens is 178 g/mol. The number of hydrogen-bond acceptors (Lipinski definition) is 4. The predicted molar refractivity (Wildman–Crippen MR) is 55.3 cm³/mol. The van der Waals surface area contributed by atoms with E-state index in [0.29, 0.717) is 5.88 Å². The van der Waals surface area contributed by atoms with Crippen molar-refractivity contribution in [1.29, 1.82) is 0 Å². The van der Waals surface area contributed by atoms with Gasteiger partial charge in [0.15, 0.2) is 0 Å². The summed E-state index contributed by atoms with van der Waals surface area (Å²) in [5.74, 6) is 0.750. The van der Waals surface area contributed by atoms with Crippen LogP contribution in [0.5, 0.6) is 5.88 Å². The van der Waals surface area contributed by atoms with Crippen LogP contribution in [-0.2, 0) is 0 Å². The van der Waals surface area contributed by atoms with Gasteiger partial charge in [0, 0.05) is 18.2 Å². The van der Waals surface area contributed by atoms with Gasteiger partial charge in [-0.3, -0.25) is 4.98 Å². The van der Waals surface area contributed by atoms with E-state index in [-0.39, 0.29) is 12.0 Å². The molecule has 4 heteroatoms. The van der Waals surface area contributed by atoms with Crippen LogP contribution in [0.4, 0.5) is 0 Å². The molecule has 2 unspecified atom stereocenters. The first-order valence-electron chi connectivity index (χ1n) is 4.80. The molecule has 0 radical (unpaired) electrons. The van der Waals surface area contributed by atoms with E-state index in [2.05, 4.69) is 23.8 Å². The molecule has 0 aliphatic carbocycles. The molecule has 14 heavy (non-hydrogen) atoms. The standard InChI is InChI=1S/C10H17N3O/c1-4-8(11)7(2)9-5-12-6-10(13-9)14-3/h5-8H,4,11H2,1-3H3. The van der Waals surface area contributed by atoms with E-state index in [4.69, 9.17) is 10.5 Å². The normalized spacial score (nSPS) is 14.9. The van der Waals surface area contributed by atoms with E-state index in [1.165, 1.54) is 0 Å². The van der Waals surface area contributed by atoms with Gasteiger partial charge in [-0.15, -0.1) is 0 Å². The van der Waals surface area contributed by atoms with Crippen molar-refractivity contribution in [2.45, 2.75) is 32.2 Å². The Labute approximate surface area is 84.5 Å². The third-order valence-corrected chi connectivity index (χ3v) is 2.42. The number of nitrogens with zero attached hydrogens (tertiary/aromatic N) is 2. The zero-order valence-electron chi connectivity index (χ0n) is 8.90. The number of nitrogens with two attached hydrogens (primary N) is 1. The molecule has 78 valence electrons. The van der Waals surface area contributed by atoms with Crippen LogP contribution in [0, 0.1) is 0 Å². The van der Waals surface area contributed by atoms with E-state index in [0.717, 1.165) is 12.1 Å². The van der Waals surface area contributed by atoms with Crippen molar-refractivity contribution in [2.24, 2.45) is 5.73 Å². The first kappa shape index (κ1) is 10.9. The molecule has 0 aliphatic heterocycles. The van der Waals surface area contributed by atoms with Gasteiger partial charge >= 0.3 is 0 Å². The Morgan fingerprint density at radius 3 is 2.79 bits per heavy atom. The van der Waals surface area contributed by atoms with Crippen molar-refractivity contribution in [3.63, 3.8) is 0 Å². The van der Waals surface area contributed by atoms with Gasteiger partial charge in [-0.2, -0.15) is 0 Å². The first-order valence-corrected chi connectivity index (χ1v) is 4.80. The van der Waals surface area contributed by atoms with E-state index in [9.17, 15) is 0 Å². The summed E-state index contributed by atoms with van der Waals surface area (Å²) in [6.45, 7) is 4.12. The molecule has 0 amide bonds. The van der Waals surface area contributed by atoms with Gasteiger partial charge in [0.25, 0.3) is 0 Å². The summed E-state index contributed by atoms with van der Waals surface area (Å²) in [6, 6.07) is 0.122. The van der Waals surface area contributed by atoms with Crippen LogP contribution < -0.4 is 10.5 Å². The minimum Gasteiger partial charge on any atom is -0.480 e. The topological polar surface area (TPSA) is 61.0 Å². The Hall–Kier alpha value is -1.16. The van der Waals surface area contributed by atoms with Crippen molar-refractivity contribution < 1.29 is 4.74 Å². The molecule has 1 aromatic rings. The highest BCUT2D eigenvalue weighted by atomic mass is 16.5. The fourth-order valence-electron chi connectivity index (χ4n) is 1.25. The van der Waals surface area contributed by atoms with Crippen LogP contribution in [0.3, 0.4) is 0 Å². The Morgan fingerprint density at radius 1 is 1.50 bits per heavy atom. The Morgan fingerprint density at radius 2 is 2.21 bits per heavy atom. The van der Waals surface area contributed by atoms with Crippen LogP contribution in [0.1, 0.15) is 31.9 Å². The summed E-state index contributed by atoms with van der Waals surface area (Å²) >= 11 is 0. The van der Waals surface area contributed by atoms with Crippen molar-refractivity contribution in [2.75, 3.05) is 7.11 Å². The molecule has 0 saturated heterocycles. The predicted octanol–water partition coefficient (Wildman–Crippen LogP) is 1.33. The molecule has 4 nitrogen and oxygen atoms in total. The van der Waals surface area contributed by atoms with Crippen molar-refractivity contribution in [3.8, 4) is 5.88 Å². The maximum absolute atomic E-state index is 5.93. The fourth-order valence-corrected chi connectivity index (χ4v) is 1.25. The van der Waals surface area contributed by atoms with Crippen LogP contribution in [-0.4, -0.2) is 23.1 Å². The maximum atomic E-state index is 5.93. The largest absolute Gasteiger partial charge is 0.480 e. The molecular formula is C10H17N3O. The minimum atomic E-state index is 0.122. The Balaban J connectivity index is 2.83. The Bertz CT molecular complexity index is 290. The molecule has 0 saturated carbocycles. The summed E-state index contributed by atoms with van der Waals surface area (Å²) in [4.78, 5) is 8.35. The quantitative estimate of drug-likeness (QED) is 0.787. The monoisotopic (exact) mass is 195 g/mol. The highest BCUT2D eigenvalue weighted by Crippen LogP contribution is 2.18. The zero-order valence-corrected chi connectivity index (χ0v) is 8.90. The van der Waals surface area contributed by atoms with Gasteiger partial charge in [-0.25, -0.2) is 4.98 Å². The summed E-state index contributed by atoms with van der Waals surface area (Å²) in [7, 11) is 1.58. The first-order chi connectivity index (χ1) is 6.69. The molecule has 0 spiro atoms. The minimum absolute atomic E-state index is 0.122. The fraction of sp³-hybridized carbons (Fsp3) is 0.600. The van der Waals surface area contributed by atoms with Crippen molar-refractivity contribution in [1.82, 2.24) is 9.97 Å². The van der Waals surface area contributed by atoms with Crippen LogP contribution >= 0.6 is 0 Å². The average Bonchev–Trinajstić information content (AvgIpc) is 2.27. The van der Waals surface area contributed by atoms with E-state index in [1.54, 1.807) is 19.5 Å². The molecule has 1 rings (SSSR count). The molecule has 0 aromatic carbocycles. The Kier molecular flexibility index (Phi) is 3.83. The third-order valence-electron chi connectivity index (χ3n) is 2.42. The number of methoxy groups -OCH3 is 1. The average molecular weight is 195 g/mol. The van der Waals surface area contributed by atoms with Gasteiger partial charge in [-0.05, 0) is 6.42 Å². The summed E-state index contributed by atoms with van der Waals surface area (Å²) in [6.07, 6.45) is 4.26. The smallest absolute Gasteiger partial charge is 0.232 e. The summed E-state index contributed by atoms with van der Waals surface area (Å²) in [5.41, 5.74) is 6.82. The van der Waals surface area contributed by atoms with Gasteiger partial charge in [-0.1, -0.05) is 13.8 Å². The zero-order chi connectivity index (χ0) is 10.6. The van der Waals surface area contributed by atoms with Crippen LogP contribution in [0.25, 0.3) is 0 Å². The maximum Gasteiger partial charge on any atom is 0.232 e. The second kappa shape index (κ2) is 4.91. The molecule has 2 N–H and O–H groups in total. The van der Waals surface area contributed by atoms with Crippen LogP contribution in [0.2, 0.25) is 0 Å². The lowest BCUT2D eigenvalue weighted by molar-refractivity contribution is 0.391. The van der Waals surface area contributed by atoms with Gasteiger partial charge < -0.3 is 10.5 Å². The highest BCUT2D eigenvalue weighted by molar-refractivity contribution is 5.12. The van der Waals surface area contributed by atoms with E-state index in [1.807, 2.05) is 0 Å². The van der Waals surface area contributed by atoms with Crippen molar-refractivity contribution in [3.05, 3.63) is 18.1 Å². The molecule has 0 aliphatic rings. The summed E-state index contributed by atoms with van der Waals surface area (Å²) < 4.78 is 5.00. The summed E-state index contributed by atoms with van der Waals surface area (Å²) in [5, 5.41) is 0. The molecule has 0 fully saturated rings. The third kappa shape index (κ3) is 2.42. The lowest BCUT2D eigenvalue weighted by atomic mass is 9.97. The second-order valence-corrected chi connectivity index (χ2v) is 3.35. The van der Waals surface area contributed by atoms with Gasteiger partial charge in [0.1, 0.15) is 0 Å². The molecule has 0 bridgehead atoms. The van der Waals surface area contributed by atoms with Crippen LogP contribution in [0.15, 0.2) is 12.4 Å². The lowest BCUT2D eigenvalue weighted by Gasteiger charge is -2.17. The second-order valence-electron chi connectivity index (χ2n) is 3.35. The number of aromatic nitrogens is 2. The molecule has 2 atom stereocenters. The van der Waals surface area contributed by atoms with Crippen molar-refractivity contribution >= 4 is 0 Å². The number of hydrogen-bond donors (Lipinski definition) is 1. The highest BCUT2D eigenvalue weighted by Gasteiger charge is 2.15. The molecule has 1 heterocycles. The van der Waals surface area contributed by atoms with Gasteiger partial charge in [0.2, 0.25) is 5.88 Å². The van der Waals surface area contributed by atoms with Gasteiger partial charge in [0.05, 0.1) is 19.0 Å².